The van der Waals surface area contributed by atoms with Crippen molar-refractivity contribution in [1.82, 2.24) is 5.32 Å². The largest absolute Gasteiger partial charge is 0.478 e. The fourth-order valence-corrected chi connectivity index (χ4v) is 4.77. The molecule has 0 bridgehead atoms. The molecule has 1 aromatic heterocycles. The van der Waals surface area contributed by atoms with E-state index in [1.165, 1.54) is 30.0 Å². The fraction of sp³-hybridized carbons (Fsp3) is 0.200. The van der Waals surface area contributed by atoms with Crippen LogP contribution in [0.3, 0.4) is 0 Å². The lowest BCUT2D eigenvalue weighted by Crippen LogP contribution is -2.37. The molecule has 4 N–H and O–H groups in total. The van der Waals surface area contributed by atoms with Crippen molar-refractivity contribution in [1.29, 1.82) is 0 Å². The lowest BCUT2D eigenvalue weighted by Gasteiger charge is -2.27. The van der Waals surface area contributed by atoms with E-state index in [-0.39, 0.29) is 41.2 Å². The van der Waals surface area contributed by atoms with Crippen LogP contribution in [0, 0.1) is 0 Å². The maximum absolute atomic E-state index is 12.4. The fourth-order valence-electron chi connectivity index (χ4n) is 4.64. The molecule has 8 nitrogen and oxygen atoms in total. The second-order valence-electron chi connectivity index (χ2n) is 9.43. The third-order valence-corrected chi connectivity index (χ3v) is 6.90. The van der Waals surface area contributed by atoms with Crippen LogP contribution in [0.15, 0.2) is 83.5 Å². The molecule has 1 aliphatic carbocycles. The minimum Gasteiger partial charge on any atom is -0.478 e. The maximum Gasteiger partial charge on any atom is 0.335 e. The first-order valence-corrected chi connectivity index (χ1v) is 12.9. The number of aliphatic hydroxyl groups excluding tert-OH is 1. The molecular formula is C30H28Cl2N2O6. The number of hydrogen-bond acceptors (Lipinski definition) is 6. The van der Waals surface area contributed by atoms with Crippen LogP contribution in [0.5, 0.6) is 11.5 Å². The number of carbonyl (C=O) groups is 2. The Morgan fingerprint density at radius 3 is 2.55 bits per heavy atom. The summed E-state index contributed by atoms with van der Waals surface area (Å²) >= 11 is 5.94. The highest BCUT2D eigenvalue weighted by molar-refractivity contribution is 6.30. The molecule has 0 aliphatic heterocycles. The van der Waals surface area contributed by atoms with Crippen molar-refractivity contribution in [2.45, 2.75) is 31.4 Å². The number of anilines is 1. The Labute approximate surface area is 242 Å². The number of halogens is 2. The molecule has 0 saturated carbocycles. The first-order chi connectivity index (χ1) is 18.8. The number of aliphatic hydroxyl groups is 1. The number of furan rings is 1. The van der Waals surface area contributed by atoms with Gasteiger partial charge in [-0.2, -0.15) is 0 Å². The predicted octanol–water partition coefficient (Wildman–Crippen LogP) is 6.28. The number of nitrogens with one attached hydrogen (secondary N) is 2. The van der Waals surface area contributed by atoms with Gasteiger partial charge in [-0.05, 0) is 84.5 Å². The van der Waals surface area contributed by atoms with E-state index >= 15 is 0 Å². The minimum absolute atomic E-state index is 0. The number of amides is 1. The molecular weight excluding hydrogens is 555 g/mol. The molecule has 0 unspecified atom stereocenters. The number of fused-ring (bicyclic) bond motifs is 1. The molecule has 40 heavy (non-hydrogen) atoms. The second kappa shape index (κ2) is 13.0. The molecule has 0 spiro atoms. The van der Waals surface area contributed by atoms with E-state index in [9.17, 15) is 19.8 Å². The third-order valence-electron chi connectivity index (χ3n) is 6.65. The summed E-state index contributed by atoms with van der Waals surface area (Å²) in [4.78, 5) is 24.1. The maximum atomic E-state index is 12.4. The lowest BCUT2D eigenvalue weighted by atomic mass is 9.88. The van der Waals surface area contributed by atoms with Gasteiger partial charge in [-0.1, -0.05) is 29.8 Å². The Balaban J connectivity index is 0.00000370. The standard InChI is InChI=1S/C30H27ClN2O6.ClH/c31-22-7-3-19(4-8-22)27(34)17-32-23-9-5-18-6-10-25(14-20(18)12-23)39-26-15-21(30(36)37)13-24(16-26)33-29(35)28-2-1-11-38-28;/h1-4,6-8,10-11,13-16,23,27,32,34H,5,9,12,17H2,(H,33,35)(H,36,37);1H/t23-,27-;/m0./s1. The number of aromatic carboxylic acids is 1. The SMILES string of the molecule is Cl.O=C(O)c1cc(NC(=O)c2ccco2)cc(Oc2ccc3c(c2)C[C@@H](NC[C@H](O)c2ccc(Cl)cc2)CC3)c1. The van der Waals surface area contributed by atoms with Crippen molar-refractivity contribution in [3.63, 3.8) is 0 Å². The highest BCUT2D eigenvalue weighted by Gasteiger charge is 2.21. The molecule has 2 atom stereocenters. The van der Waals surface area contributed by atoms with E-state index in [0.717, 1.165) is 30.4 Å². The van der Waals surface area contributed by atoms with Crippen molar-refractivity contribution in [2.75, 3.05) is 11.9 Å². The van der Waals surface area contributed by atoms with Gasteiger partial charge in [0, 0.05) is 29.4 Å². The molecule has 4 aromatic rings. The summed E-state index contributed by atoms with van der Waals surface area (Å²) in [5, 5.41) is 26.8. The van der Waals surface area contributed by atoms with Gasteiger partial charge in [0.15, 0.2) is 5.76 Å². The Morgan fingerprint density at radius 1 is 1.02 bits per heavy atom. The average molecular weight is 583 g/mol. The van der Waals surface area contributed by atoms with Crippen molar-refractivity contribution >= 4 is 41.6 Å². The lowest BCUT2D eigenvalue weighted by molar-refractivity contribution is 0.0696. The zero-order chi connectivity index (χ0) is 27.4. The predicted molar refractivity (Wildman–Crippen MR) is 154 cm³/mol. The number of aryl methyl sites for hydroxylation is 1. The highest BCUT2D eigenvalue weighted by atomic mass is 35.5. The molecule has 0 radical (unpaired) electrons. The zero-order valence-corrected chi connectivity index (χ0v) is 22.9. The Morgan fingerprint density at radius 2 is 1.82 bits per heavy atom. The number of benzene rings is 3. The Kier molecular flexibility index (Phi) is 9.50. The normalized spacial score (nSPS) is 14.9. The van der Waals surface area contributed by atoms with Gasteiger partial charge in [0.1, 0.15) is 11.5 Å². The number of hydrogen-bond donors (Lipinski definition) is 4. The summed E-state index contributed by atoms with van der Waals surface area (Å²) in [6, 6.07) is 20.6. The monoisotopic (exact) mass is 582 g/mol. The molecule has 208 valence electrons. The van der Waals surface area contributed by atoms with Crippen LogP contribution in [0.1, 0.15) is 50.1 Å². The van der Waals surface area contributed by atoms with Gasteiger partial charge in [0.25, 0.3) is 5.91 Å². The van der Waals surface area contributed by atoms with Crippen LogP contribution in [-0.4, -0.2) is 34.7 Å². The van der Waals surface area contributed by atoms with Gasteiger partial charge < -0.3 is 30.0 Å². The topological polar surface area (TPSA) is 121 Å². The van der Waals surface area contributed by atoms with Crippen LogP contribution >= 0.6 is 24.0 Å². The van der Waals surface area contributed by atoms with E-state index in [1.54, 1.807) is 24.3 Å². The van der Waals surface area contributed by atoms with Crippen molar-refractivity contribution in [3.05, 3.63) is 112 Å². The van der Waals surface area contributed by atoms with Crippen molar-refractivity contribution in [2.24, 2.45) is 0 Å². The smallest absolute Gasteiger partial charge is 0.335 e. The van der Waals surface area contributed by atoms with E-state index in [0.29, 0.717) is 17.3 Å². The van der Waals surface area contributed by atoms with E-state index in [2.05, 4.69) is 10.6 Å². The van der Waals surface area contributed by atoms with Crippen molar-refractivity contribution < 1.29 is 29.0 Å². The van der Waals surface area contributed by atoms with E-state index in [4.69, 9.17) is 20.8 Å². The minimum atomic E-state index is -1.14. The molecule has 3 aromatic carbocycles. The molecule has 1 heterocycles. The summed E-state index contributed by atoms with van der Waals surface area (Å²) in [7, 11) is 0. The van der Waals surface area contributed by atoms with Gasteiger partial charge in [0.2, 0.25) is 0 Å². The molecule has 10 heteroatoms. The summed E-state index contributed by atoms with van der Waals surface area (Å²) in [6.45, 7) is 0.423. The summed E-state index contributed by atoms with van der Waals surface area (Å²) in [6.07, 6.45) is 3.35. The summed E-state index contributed by atoms with van der Waals surface area (Å²) in [5.74, 6) is -0.699. The van der Waals surface area contributed by atoms with Crippen LogP contribution in [0.4, 0.5) is 5.69 Å². The summed E-state index contributed by atoms with van der Waals surface area (Å²) in [5.41, 5.74) is 3.40. The first-order valence-electron chi connectivity index (χ1n) is 12.5. The molecule has 1 aliphatic rings. The number of carboxylic acid groups (broad SMARTS) is 1. The molecule has 1 amide bonds. The molecule has 5 rings (SSSR count). The number of ether oxygens (including phenoxy) is 1. The van der Waals surface area contributed by atoms with Crippen molar-refractivity contribution in [3.8, 4) is 11.5 Å². The zero-order valence-electron chi connectivity index (χ0n) is 21.3. The van der Waals surface area contributed by atoms with E-state index < -0.39 is 18.0 Å². The Hall–Kier alpha value is -3.82. The number of carboxylic acids is 1. The first kappa shape index (κ1) is 29.2. The van der Waals surface area contributed by atoms with Gasteiger partial charge in [-0.15, -0.1) is 12.4 Å². The molecule has 0 saturated heterocycles. The van der Waals surface area contributed by atoms with Gasteiger partial charge >= 0.3 is 5.97 Å². The van der Waals surface area contributed by atoms with Crippen LogP contribution in [-0.2, 0) is 12.8 Å². The molecule has 0 fully saturated rings. The van der Waals surface area contributed by atoms with Crippen LogP contribution in [0.25, 0.3) is 0 Å². The number of carbonyl (C=O) groups excluding carboxylic acids is 1. The van der Waals surface area contributed by atoms with Crippen LogP contribution in [0.2, 0.25) is 5.02 Å². The van der Waals surface area contributed by atoms with Gasteiger partial charge in [-0.25, -0.2) is 4.79 Å². The van der Waals surface area contributed by atoms with Crippen LogP contribution < -0.4 is 15.4 Å². The average Bonchev–Trinajstić information content (AvgIpc) is 3.47. The highest BCUT2D eigenvalue weighted by Crippen LogP contribution is 2.31. The van der Waals surface area contributed by atoms with E-state index in [1.807, 2.05) is 30.3 Å². The quantitative estimate of drug-likeness (QED) is 0.183. The second-order valence-corrected chi connectivity index (χ2v) is 9.87. The summed E-state index contributed by atoms with van der Waals surface area (Å²) < 4.78 is 11.1. The number of rotatable bonds is 9. The van der Waals surface area contributed by atoms with Gasteiger partial charge in [0.05, 0.1) is 17.9 Å². The van der Waals surface area contributed by atoms with Gasteiger partial charge in [-0.3, -0.25) is 4.79 Å². The Bertz CT molecular complexity index is 1470. The third kappa shape index (κ3) is 7.22.